The maximum Gasteiger partial charge on any atom is 0.222 e. The third-order valence-electron chi connectivity index (χ3n) is 2.53. The van der Waals surface area contributed by atoms with Gasteiger partial charge in [-0.15, -0.1) is 0 Å². The largest absolute Gasteiger partial charge is 0.349 e. The van der Waals surface area contributed by atoms with E-state index in [1.54, 1.807) is 14.1 Å². The summed E-state index contributed by atoms with van der Waals surface area (Å²) >= 11 is 0. The Morgan fingerprint density at radius 3 is 2.50 bits per heavy atom. The van der Waals surface area contributed by atoms with Crippen LogP contribution in [0.2, 0.25) is 0 Å². The molecule has 0 N–H and O–H groups in total. The van der Waals surface area contributed by atoms with Gasteiger partial charge < -0.3 is 4.90 Å². The van der Waals surface area contributed by atoms with E-state index in [-0.39, 0.29) is 29.8 Å². The number of rotatable bonds is 2. The molecule has 14 heavy (non-hydrogen) atoms. The summed E-state index contributed by atoms with van der Waals surface area (Å²) in [5.74, 6) is -0.501. The molecule has 0 aromatic heterocycles. The molecule has 0 radical (unpaired) electrons. The fourth-order valence-electron chi connectivity index (χ4n) is 1.56. The highest BCUT2D eigenvalue weighted by Gasteiger charge is 2.27. The van der Waals surface area contributed by atoms with Crippen LogP contribution in [0.15, 0.2) is 0 Å². The Hall–Kier alpha value is -1.19. The van der Waals surface area contributed by atoms with Crippen LogP contribution < -0.4 is 0 Å². The molecule has 0 aromatic rings. The van der Waals surface area contributed by atoms with Gasteiger partial charge in [0.2, 0.25) is 5.91 Å². The maximum atomic E-state index is 11.3. The van der Waals surface area contributed by atoms with Crippen LogP contribution in [0.5, 0.6) is 0 Å². The zero-order chi connectivity index (χ0) is 10.7. The quantitative estimate of drug-likeness (QED) is 0.602. The van der Waals surface area contributed by atoms with Gasteiger partial charge in [0.15, 0.2) is 11.6 Å². The van der Waals surface area contributed by atoms with Crippen molar-refractivity contribution in [1.82, 2.24) is 4.90 Å². The van der Waals surface area contributed by atoms with Crippen molar-refractivity contribution >= 4 is 17.5 Å². The molecule has 1 aliphatic carbocycles. The number of nitrogens with zero attached hydrogens (tertiary/aromatic N) is 1. The number of hydrogen-bond donors (Lipinski definition) is 0. The van der Waals surface area contributed by atoms with Crippen LogP contribution in [-0.2, 0) is 14.4 Å². The van der Waals surface area contributed by atoms with E-state index in [1.165, 1.54) is 4.90 Å². The van der Waals surface area contributed by atoms with Gasteiger partial charge in [-0.1, -0.05) is 0 Å². The van der Waals surface area contributed by atoms with E-state index in [4.69, 9.17) is 0 Å². The Balaban J connectivity index is 2.44. The molecule has 1 unspecified atom stereocenters. The summed E-state index contributed by atoms with van der Waals surface area (Å²) in [6.07, 6.45) is 1.61. The second-order valence-electron chi connectivity index (χ2n) is 3.95. The molecule has 0 heterocycles. The van der Waals surface area contributed by atoms with Gasteiger partial charge in [0, 0.05) is 33.4 Å². The van der Waals surface area contributed by atoms with E-state index < -0.39 is 0 Å². The Bertz CT molecular complexity index is 271. The molecule has 1 atom stereocenters. The van der Waals surface area contributed by atoms with Crippen molar-refractivity contribution in [2.24, 2.45) is 5.92 Å². The molecule has 1 rings (SSSR count). The summed E-state index contributed by atoms with van der Waals surface area (Å²) in [5.41, 5.74) is 0. The van der Waals surface area contributed by atoms with Gasteiger partial charge in [0.1, 0.15) is 0 Å². The minimum atomic E-state index is -0.312. The van der Waals surface area contributed by atoms with Crippen LogP contribution in [0, 0.1) is 5.92 Å². The van der Waals surface area contributed by atoms with E-state index >= 15 is 0 Å². The van der Waals surface area contributed by atoms with Gasteiger partial charge in [-0.25, -0.2) is 0 Å². The van der Waals surface area contributed by atoms with Crippen LogP contribution in [0.25, 0.3) is 0 Å². The highest BCUT2D eigenvalue weighted by molar-refractivity contribution is 6.37. The number of carbonyl (C=O) groups is 3. The van der Waals surface area contributed by atoms with Crippen LogP contribution >= 0.6 is 0 Å². The SMILES string of the molecule is CN(C)C(=O)CC1CCC(=O)C(=O)C1. The highest BCUT2D eigenvalue weighted by Crippen LogP contribution is 2.22. The predicted molar refractivity (Wildman–Crippen MR) is 50.7 cm³/mol. The minimum Gasteiger partial charge on any atom is -0.349 e. The van der Waals surface area contributed by atoms with Crippen molar-refractivity contribution in [2.75, 3.05) is 14.1 Å². The normalized spacial score (nSPS) is 22.3. The Labute approximate surface area is 83.3 Å². The van der Waals surface area contributed by atoms with Crippen LogP contribution in [-0.4, -0.2) is 36.5 Å². The van der Waals surface area contributed by atoms with Crippen LogP contribution in [0.4, 0.5) is 0 Å². The third kappa shape index (κ3) is 2.65. The molecular weight excluding hydrogens is 182 g/mol. The average Bonchev–Trinajstić information content (AvgIpc) is 2.11. The molecule has 0 saturated heterocycles. The monoisotopic (exact) mass is 197 g/mol. The second kappa shape index (κ2) is 4.35. The first-order valence-electron chi connectivity index (χ1n) is 4.77. The van der Waals surface area contributed by atoms with E-state index in [2.05, 4.69) is 0 Å². The van der Waals surface area contributed by atoms with Crippen molar-refractivity contribution in [1.29, 1.82) is 0 Å². The number of amides is 1. The number of ketones is 2. The first kappa shape index (κ1) is 10.9. The zero-order valence-electron chi connectivity index (χ0n) is 8.58. The minimum absolute atomic E-state index is 0.0251. The van der Waals surface area contributed by atoms with Crippen molar-refractivity contribution in [3.05, 3.63) is 0 Å². The molecule has 4 nitrogen and oxygen atoms in total. The standard InChI is InChI=1S/C10H15NO3/c1-11(2)10(14)6-7-3-4-8(12)9(13)5-7/h7H,3-6H2,1-2H3. The lowest BCUT2D eigenvalue weighted by Crippen LogP contribution is -2.30. The molecule has 0 aliphatic heterocycles. The van der Waals surface area contributed by atoms with Gasteiger partial charge in [0.05, 0.1) is 0 Å². The summed E-state index contributed by atoms with van der Waals surface area (Å²) < 4.78 is 0. The summed E-state index contributed by atoms with van der Waals surface area (Å²) in [5, 5.41) is 0. The Morgan fingerprint density at radius 2 is 2.00 bits per heavy atom. The fraction of sp³-hybridized carbons (Fsp3) is 0.700. The first-order valence-corrected chi connectivity index (χ1v) is 4.77. The maximum absolute atomic E-state index is 11.3. The van der Waals surface area contributed by atoms with Crippen LogP contribution in [0.1, 0.15) is 25.7 Å². The lowest BCUT2D eigenvalue weighted by atomic mass is 9.85. The van der Waals surface area contributed by atoms with Gasteiger partial charge >= 0.3 is 0 Å². The van der Waals surface area contributed by atoms with Gasteiger partial charge in [-0.3, -0.25) is 14.4 Å². The first-order chi connectivity index (χ1) is 6.50. The topological polar surface area (TPSA) is 54.5 Å². The molecule has 1 amide bonds. The third-order valence-corrected chi connectivity index (χ3v) is 2.53. The number of Topliss-reactive ketones (excluding diaryl/α,β-unsaturated/α-hetero) is 2. The van der Waals surface area contributed by atoms with Gasteiger partial charge in [0.25, 0.3) is 0 Å². The molecular formula is C10H15NO3. The average molecular weight is 197 g/mol. The lowest BCUT2D eigenvalue weighted by molar-refractivity contribution is -0.140. The summed E-state index contributed by atoms with van der Waals surface area (Å²) in [4.78, 5) is 34.8. The number of carbonyl (C=O) groups excluding carboxylic acids is 3. The summed E-state index contributed by atoms with van der Waals surface area (Å²) in [6, 6.07) is 0. The fourth-order valence-corrected chi connectivity index (χ4v) is 1.56. The molecule has 1 aliphatic rings. The van der Waals surface area contributed by atoms with Gasteiger partial charge in [-0.05, 0) is 12.3 Å². The zero-order valence-corrected chi connectivity index (χ0v) is 8.58. The lowest BCUT2D eigenvalue weighted by Gasteiger charge is -2.20. The molecule has 0 bridgehead atoms. The summed E-state index contributed by atoms with van der Waals surface area (Å²) in [7, 11) is 3.39. The van der Waals surface area contributed by atoms with Crippen molar-refractivity contribution in [3.63, 3.8) is 0 Å². The summed E-state index contributed by atoms with van der Waals surface area (Å²) in [6.45, 7) is 0. The highest BCUT2D eigenvalue weighted by atomic mass is 16.2. The van der Waals surface area contributed by atoms with E-state index in [0.29, 0.717) is 19.3 Å². The molecule has 1 fully saturated rings. The van der Waals surface area contributed by atoms with Gasteiger partial charge in [-0.2, -0.15) is 0 Å². The second-order valence-corrected chi connectivity index (χ2v) is 3.95. The molecule has 78 valence electrons. The number of hydrogen-bond acceptors (Lipinski definition) is 3. The van der Waals surface area contributed by atoms with Crippen molar-refractivity contribution in [3.8, 4) is 0 Å². The smallest absolute Gasteiger partial charge is 0.222 e. The van der Waals surface area contributed by atoms with Crippen LogP contribution in [0.3, 0.4) is 0 Å². The Kier molecular flexibility index (Phi) is 3.38. The molecule has 0 spiro atoms. The van der Waals surface area contributed by atoms with E-state index in [0.717, 1.165) is 0 Å². The van der Waals surface area contributed by atoms with Crippen molar-refractivity contribution in [2.45, 2.75) is 25.7 Å². The molecule has 0 aromatic carbocycles. The predicted octanol–water partition coefficient (Wildman–Crippen LogP) is 0.403. The van der Waals surface area contributed by atoms with Crippen molar-refractivity contribution < 1.29 is 14.4 Å². The molecule has 1 saturated carbocycles. The molecule has 4 heteroatoms. The Morgan fingerprint density at radius 1 is 1.36 bits per heavy atom. The van der Waals surface area contributed by atoms with E-state index in [9.17, 15) is 14.4 Å². The van der Waals surface area contributed by atoms with E-state index in [1.807, 2.05) is 0 Å².